The Labute approximate surface area is 130 Å². The summed E-state index contributed by atoms with van der Waals surface area (Å²) in [5.74, 6) is 1.90. The molecule has 1 N–H and O–H groups in total. The van der Waals surface area contributed by atoms with E-state index in [1.54, 1.807) is 6.08 Å². The summed E-state index contributed by atoms with van der Waals surface area (Å²) in [5.41, 5.74) is 1.27. The highest BCUT2D eigenvalue weighted by Crippen LogP contribution is 2.30. The summed E-state index contributed by atoms with van der Waals surface area (Å²) in [5, 5.41) is 0. The van der Waals surface area contributed by atoms with E-state index in [9.17, 15) is 0 Å². The number of aromatic nitrogens is 2. The number of imidazole rings is 1. The van der Waals surface area contributed by atoms with Gasteiger partial charge in [0.1, 0.15) is 18.4 Å². The molecule has 0 bridgehead atoms. The lowest BCUT2D eigenvalue weighted by atomic mass is 9.94. The molecule has 0 spiro atoms. The quantitative estimate of drug-likeness (QED) is 0.597. The van der Waals surface area contributed by atoms with E-state index < -0.39 is 0 Å². The molecule has 2 nitrogen and oxygen atoms in total. The highest BCUT2D eigenvalue weighted by Gasteiger charge is 2.36. The predicted molar refractivity (Wildman–Crippen MR) is 93.2 cm³/mol. The number of fused-ring (bicyclic) bond motifs is 1. The molecule has 2 heteroatoms. The van der Waals surface area contributed by atoms with Crippen molar-refractivity contribution in [1.82, 2.24) is 4.98 Å². The third-order valence-electron chi connectivity index (χ3n) is 3.23. The molecule has 2 rings (SSSR count). The third-order valence-corrected chi connectivity index (χ3v) is 3.23. The van der Waals surface area contributed by atoms with Gasteiger partial charge in [0.15, 0.2) is 0 Å². The Kier molecular flexibility index (Phi) is 9.95. The lowest BCUT2D eigenvalue weighted by Crippen LogP contribution is -2.38. The van der Waals surface area contributed by atoms with Gasteiger partial charge < -0.3 is 0 Å². The van der Waals surface area contributed by atoms with Crippen LogP contribution in [0.1, 0.15) is 46.5 Å². The topological polar surface area (TPSA) is 19.7 Å². The van der Waals surface area contributed by atoms with Gasteiger partial charge in [0.05, 0.1) is 6.42 Å². The third kappa shape index (κ3) is 4.89. The number of allylic oxidation sites excluding steroid dienone is 6. The van der Waals surface area contributed by atoms with Crippen LogP contribution in [0.3, 0.4) is 0 Å². The fourth-order valence-electron chi connectivity index (χ4n) is 2.55. The maximum atomic E-state index is 3.80. The van der Waals surface area contributed by atoms with Crippen molar-refractivity contribution in [3.8, 4) is 0 Å². The minimum absolute atomic E-state index is 0.394. The van der Waals surface area contributed by atoms with Crippen LogP contribution >= 0.6 is 0 Å². The van der Waals surface area contributed by atoms with Crippen molar-refractivity contribution in [3.63, 3.8) is 0 Å². The van der Waals surface area contributed by atoms with Crippen LogP contribution in [-0.2, 0) is 6.42 Å². The van der Waals surface area contributed by atoms with Gasteiger partial charge in [0.2, 0.25) is 0 Å². The molecule has 116 valence electrons. The van der Waals surface area contributed by atoms with Crippen molar-refractivity contribution in [1.29, 1.82) is 0 Å². The predicted octanol–water partition coefficient (Wildman–Crippen LogP) is 4.94. The van der Waals surface area contributed by atoms with Gasteiger partial charge in [0.25, 0.3) is 5.82 Å². The molecule has 0 saturated carbocycles. The zero-order valence-corrected chi connectivity index (χ0v) is 14.3. The van der Waals surface area contributed by atoms with Crippen molar-refractivity contribution in [2.24, 2.45) is 5.92 Å². The molecule has 1 aromatic heterocycles. The zero-order valence-electron chi connectivity index (χ0n) is 14.3. The van der Waals surface area contributed by atoms with Gasteiger partial charge in [-0.3, -0.25) is 0 Å². The number of nitrogens with zero attached hydrogens (tertiary/aromatic N) is 1. The number of rotatable bonds is 4. The maximum Gasteiger partial charge on any atom is 0.255 e. The largest absolute Gasteiger partial charge is 0.255 e. The van der Waals surface area contributed by atoms with Gasteiger partial charge in [-0.1, -0.05) is 78.2 Å². The molecule has 2 heterocycles. The Morgan fingerprint density at radius 2 is 1.90 bits per heavy atom. The Morgan fingerprint density at radius 3 is 2.48 bits per heavy atom. The van der Waals surface area contributed by atoms with Gasteiger partial charge in [-0.15, -0.1) is 0 Å². The van der Waals surface area contributed by atoms with E-state index in [0.717, 1.165) is 6.42 Å². The minimum atomic E-state index is 0.394. The van der Waals surface area contributed by atoms with Crippen molar-refractivity contribution < 1.29 is 4.57 Å². The monoisotopic (exact) mass is 287 g/mol. The molecule has 0 radical (unpaired) electrons. The minimum Gasteiger partial charge on any atom is -0.248 e. The SMILES string of the molecule is C=C/C=C\C(=C/C=C)C1C(C)Cc2[nH]cc[n+]21.CC.CC. The first-order chi connectivity index (χ1) is 10.3. The number of hydrogen-bond acceptors (Lipinski definition) is 0. The molecule has 1 aromatic rings. The fraction of sp³-hybridized carbons (Fsp3) is 0.421. The maximum absolute atomic E-state index is 3.80. The van der Waals surface area contributed by atoms with Crippen molar-refractivity contribution in [3.05, 3.63) is 67.3 Å². The van der Waals surface area contributed by atoms with E-state index in [1.807, 2.05) is 46.0 Å². The van der Waals surface area contributed by atoms with Crippen LogP contribution in [0.4, 0.5) is 0 Å². The highest BCUT2D eigenvalue weighted by molar-refractivity contribution is 5.28. The summed E-state index contributed by atoms with van der Waals surface area (Å²) in [6.07, 6.45) is 15.0. The first-order valence-electron chi connectivity index (χ1n) is 7.97. The van der Waals surface area contributed by atoms with Crippen LogP contribution in [0, 0.1) is 5.92 Å². The fourth-order valence-corrected chi connectivity index (χ4v) is 2.55. The summed E-state index contributed by atoms with van der Waals surface area (Å²) in [7, 11) is 0. The molecule has 1 aliphatic rings. The Balaban J connectivity index is 0.000000921. The summed E-state index contributed by atoms with van der Waals surface area (Å²) < 4.78 is 2.31. The van der Waals surface area contributed by atoms with Gasteiger partial charge in [-0.25, -0.2) is 9.55 Å². The van der Waals surface area contributed by atoms with Gasteiger partial charge in [-0.05, 0) is 5.57 Å². The van der Waals surface area contributed by atoms with Crippen molar-refractivity contribution >= 4 is 0 Å². The Bertz CT molecular complexity index is 478. The van der Waals surface area contributed by atoms with Crippen LogP contribution in [-0.4, -0.2) is 4.98 Å². The smallest absolute Gasteiger partial charge is 0.248 e. The molecule has 0 amide bonds. The Morgan fingerprint density at radius 1 is 1.24 bits per heavy atom. The first kappa shape index (κ1) is 19.2. The normalized spacial score (nSPS) is 20.0. The molecule has 2 atom stereocenters. The van der Waals surface area contributed by atoms with Gasteiger partial charge in [-0.2, -0.15) is 0 Å². The summed E-state index contributed by atoms with van der Waals surface area (Å²) in [4.78, 5) is 3.30. The average Bonchev–Trinajstić information content (AvgIpc) is 3.08. The van der Waals surface area contributed by atoms with Crippen LogP contribution < -0.4 is 4.57 Å². The Hall–Kier alpha value is -1.83. The molecule has 0 aliphatic carbocycles. The summed E-state index contributed by atoms with van der Waals surface area (Å²) in [6, 6.07) is 0.394. The molecule has 0 saturated heterocycles. The summed E-state index contributed by atoms with van der Waals surface area (Å²) in [6.45, 7) is 17.8. The van der Waals surface area contributed by atoms with E-state index >= 15 is 0 Å². The van der Waals surface area contributed by atoms with Crippen LogP contribution in [0.5, 0.6) is 0 Å². The standard InChI is InChI=1S/C15H18N2.2C2H6/c1-4-6-8-13(7-5-2)15-12(3)11-14-16-9-10-17(14)15;2*1-2/h4-10,12,15H,1-2,11H2,3H3;2*1-2H3/p+1/b8-6-,13-7+;;. The van der Waals surface area contributed by atoms with E-state index in [0.29, 0.717) is 12.0 Å². The molecular formula is C19H31N2+. The molecule has 21 heavy (non-hydrogen) atoms. The van der Waals surface area contributed by atoms with E-state index in [-0.39, 0.29) is 0 Å². The number of nitrogens with one attached hydrogen (secondary N) is 1. The van der Waals surface area contributed by atoms with Crippen LogP contribution in [0.2, 0.25) is 0 Å². The van der Waals surface area contributed by atoms with Crippen LogP contribution in [0.25, 0.3) is 0 Å². The van der Waals surface area contributed by atoms with E-state index in [1.165, 1.54) is 11.4 Å². The number of H-pyrrole nitrogens is 1. The van der Waals surface area contributed by atoms with Gasteiger partial charge in [0, 0.05) is 5.92 Å². The van der Waals surface area contributed by atoms with Crippen LogP contribution in [0.15, 0.2) is 61.5 Å². The second-order valence-electron chi connectivity index (χ2n) is 4.44. The second kappa shape index (κ2) is 10.9. The molecule has 0 aromatic carbocycles. The highest BCUT2D eigenvalue weighted by atomic mass is 15.1. The van der Waals surface area contributed by atoms with Crippen molar-refractivity contribution in [2.45, 2.75) is 47.1 Å². The molecule has 1 aliphatic heterocycles. The average molecular weight is 287 g/mol. The number of hydrogen-bond donors (Lipinski definition) is 1. The van der Waals surface area contributed by atoms with Gasteiger partial charge >= 0.3 is 0 Å². The molecular weight excluding hydrogens is 256 g/mol. The van der Waals surface area contributed by atoms with E-state index in [4.69, 9.17) is 0 Å². The first-order valence-corrected chi connectivity index (χ1v) is 7.97. The van der Waals surface area contributed by atoms with Crippen molar-refractivity contribution in [2.75, 3.05) is 0 Å². The number of aromatic amines is 1. The van der Waals surface area contributed by atoms with E-state index in [2.05, 4.69) is 48.0 Å². The molecule has 2 unspecified atom stereocenters. The summed E-state index contributed by atoms with van der Waals surface area (Å²) >= 11 is 0. The molecule has 0 fully saturated rings. The lowest BCUT2D eigenvalue weighted by molar-refractivity contribution is -0.710. The second-order valence-corrected chi connectivity index (χ2v) is 4.44. The lowest BCUT2D eigenvalue weighted by Gasteiger charge is -2.14. The zero-order chi connectivity index (χ0) is 16.3.